The second-order valence-corrected chi connectivity index (χ2v) is 3.49. The van der Waals surface area contributed by atoms with Crippen LogP contribution in [0.25, 0.3) is 0 Å². The van der Waals surface area contributed by atoms with Gasteiger partial charge in [-0.1, -0.05) is 12.2 Å². The highest BCUT2D eigenvalue weighted by atomic mass is 16.7. The molecule has 0 radical (unpaired) electrons. The molecule has 2 atom stereocenters. The Bertz CT molecular complexity index is 173. The highest BCUT2D eigenvalue weighted by Crippen LogP contribution is 2.22. The first kappa shape index (κ1) is 9.71. The molecule has 0 bridgehead atoms. The predicted molar refractivity (Wildman–Crippen MR) is 45.7 cm³/mol. The Morgan fingerprint density at radius 1 is 1.58 bits per heavy atom. The molecular weight excluding hydrogens is 156 g/mol. The maximum absolute atomic E-state index is 8.96. The van der Waals surface area contributed by atoms with Crippen molar-refractivity contribution in [3.05, 3.63) is 12.2 Å². The van der Waals surface area contributed by atoms with Gasteiger partial charge in [0.1, 0.15) is 6.10 Å². The lowest BCUT2D eigenvalue weighted by atomic mass is 10.3. The van der Waals surface area contributed by atoms with Crippen LogP contribution in [0, 0.1) is 0 Å². The topological polar surface area (TPSA) is 38.7 Å². The third-order valence-corrected chi connectivity index (χ3v) is 1.63. The summed E-state index contributed by atoms with van der Waals surface area (Å²) in [6.45, 7) is 6.03. The van der Waals surface area contributed by atoms with Gasteiger partial charge in [0, 0.05) is 0 Å². The van der Waals surface area contributed by atoms with Gasteiger partial charge in [0.15, 0.2) is 5.79 Å². The summed E-state index contributed by atoms with van der Waals surface area (Å²) < 4.78 is 10.8. The van der Waals surface area contributed by atoms with Gasteiger partial charge < -0.3 is 14.6 Å². The van der Waals surface area contributed by atoms with Crippen LogP contribution in [0.5, 0.6) is 0 Å². The van der Waals surface area contributed by atoms with Crippen LogP contribution in [0.3, 0.4) is 0 Å². The quantitative estimate of drug-likeness (QED) is 0.633. The molecule has 0 spiro atoms. The second kappa shape index (κ2) is 3.56. The number of hydrogen-bond acceptors (Lipinski definition) is 3. The molecule has 1 saturated heterocycles. The molecule has 1 rings (SSSR count). The van der Waals surface area contributed by atoms with Crippen molar-refractivity contribution in [2.24, 2.45) is 0 Å². The maximum atomic E-state index is 8.96. The van der Waals surface area contributed by atoms with Crippen LogP contribution in [-0.2, 0) is 9.47 Å². The smallest absolute Gasteiger partial charge is 0.163 e. The molecule has 0 saturated carbocycles. The van der Waals surface area contributed by atoms with Crippen LogP contribution in [0.15, 0.2) is 12.2 Å². The monoisotopic (exact) mass is 172 g/mol. The van der Waals surface area contributed by atoms with E-state index in [0.717, 1.165) is 0 Å². The molecule has 1 aliphatic rings. The van der Waals surface area contributed by atoms with E-state index in [1.165, 1.54) is 0 Å². The first-order valence-corrected chi connectivity index (χ1v) is 4.18. The van der Waals surface area contributed by atoms with E-state index < -0.39 is 11.9 Å². The number of hydrogen-bond donors (Lipinski definition) is 1. The fraction of sp³-hybridized carbons (Fsp3) is 0.778. The van der Waals surface area contributed by atoms with Gasteiger partial charge in [0.2, 0.25) is 0 Å². The fourth-order valence-electron chi connectivity index (χ4n) is 1.09. The van der Waals surface area contributed by atoms with Gasteiger partial charge in [-0.15, -0.1) is 0 Å². The Morgan fingerprint density at radius 2 is 2.25 bits per heavy atom. The van der Waals surface area contributed by atoms with Crippen molar-refractivity contribution >= 4 is 0 Å². The molecule has 0 unspecified atom stereocenters. The van der Waals surface area contributed by atoms with E-state index in [9.17, 15) is 0 Å². The third-order valence-electron chi connectivity index (χ3n) is 1.63. The average molecular weight is 172 g/mol. The van der Waals surface area contributed by atoms with Crippen LogP contribution in [0.4, 0.5) is 0 Å². The fourth-order valence-corrected chi connectivity index (χ4v) is 1.09. The first-order valence-electron chi connectivity index (χ1n) is 4.18. The van der Waals surface area contributed by atoms with Crippen LogP contribution in [0.2, 0.25) is 0 Å². The maximum Gasteiger partial charge on any atom is 0.163 e. The van der Waals surface area contributed by atoms with Crippen molar-refractivity contribution in [2.45, 2.75) is 38.8 Å². The zero-order chi connectivity index (χ0) is 9.19. The van der Waals surface area contributed by atoms with Crippen molar-refractivity contribution in [1.29, 1.82) is 0 Å². The van der Waals surface area contributed by atoms with Crippen molar-refractivity contribution in [2.75, 3.05) is 6.61 Å². The van der Waals surface area contributed by atoms with Crippen LogP contribution < -0.4 is 0 Å². The molecule has 0 aromatic heterocycles. The van der Waals surface area contributed by atoms with Crippen LogP contribution in [0.1, 0.15) is 20.8 Å². The van der Waals surface area contributed by atoms with E-state index in [1.54, 1.807) is 13.0 Å². The van der Waals surface area contributed by atoms with E-state index in [2.05, 4.69) is 0 Å². The van der Waals surface area contributed by atoms with E-state index >= 15 is 0 Å². The van der Waals surface area contributed by atoms with E-state index in [-0.39, 0.29) is 6.10 Å². The minimum Gasteiger partial charge on any atom is -0.389 e. The minimum absolute atomic E-state index is 0.0189. The molecule has 1 heterocycles. The SMILES string of the molecule is C[C@H](O)/C=C/[C@H]1COC(C)(C)O1. The van der Waals surface area contributed by atoms with Gasteiger partial charge in [-0.25, -0.2) is 0 Å². The Labute approximate surface area is 73.0 Å². The summed E-state index contributed by atoms with van der Waals surface area (Å²) in [7, 11) is 0. The number of rotatable bonds is 2. The zero-order valence-corrected chi connectivity index (χ0v) is 7.78. The minimum atomic E-state index is -0.478. The summed E-state index contributed by atoms with van der Waals surface area (Å²) in [6, 6.07) is 0. The molecule has 0 amide bonds. The second-order valence-electron chi connectivity index (χ2n) is 3.49. The molecule has 0 aromatic carbocycles. The van der Waals surface area contributed by atoms with Gasteiger partial charge in [0.05, 0.1) is 12.7 Å². The summed E-state index contributed by atoms with van der Waals surface area (Å²) in [4.78, 5) is 0. The van der Waals surface area contributed by atoms with Crippen molar-refractivity contribution < 1.29 is 14.6 Å². The molecule has 1 fully saturated rings. The lowest BCUT2D eigenvalue weighted by Gasteiger charge is -2.15. The Kier molecular flexibility index (Phi) is 2.88. The van der Waals surface area contributed by atoms with Gasteiger partial charge >= 0.3 is 0 Å². The van der Waals surface area contributed by atoms with E-state index in [4.69, 9.17) is 14.6 Å². The van der Waals surface area contributed by atoms with Gasteiger partial charge in [-0.2, -0.15) is 0 Å². The van der Waals surface area contributed by atoms with E-state index in [0.29, 0.717) is 6.61 Å². The third kappa shape index (κ3) is 2.93. The number of ether oxygens (including phenoxy) is 2. The average Bonchev–Trinajstić information content (AvgIpc) is 2.26. The normalized spacial score (nSPS) is 31.2. The summed E-state index contributed by atoms with van der Waals surface area (Å²) in [5.41, 5.74) is 0. The summed E-state index contributed by atoms with van der Waals surface area (Å²) in [6.07, 6.45) is 3.10. The molecule has 12 heavy (non-hydrogen) atoms. The molecule has 1 N–H and O–H groups in total. The highest BCUT2D eigenvalue weighted by Gasteiger charge is 2.30. The van der Waals surface area contributed by atoms with E-state index in [1.807, 2.05) is 19.9 Å². The molecular formula is C9H16O3. The zero-order valence-electron chi connectivity index (χ0n) is 7.78. The standard InChI is InChI=1S/C9H16O3/c1-7(10)4-5-8-6-11-9(2,3)12-8/h4-5,7-8,10H,6H2,1-3H3/b5-4+/t7-,8-/m0/s1. The van der Waals surface area contributed by atoms with Crippen molar-refractivity contribution in [3.8, 4) is 0 Å². The Hall–Kier alpha value is -0.380. The van der Waals surface area contributed by atoms with Crippen LogP contribution >= 0.6 is 0 Å². The summed E-state index contributed by atoms with van der Waals surface area (Å²) >= 11 is 0. The Balaban J connectivity index is 2.38. The predicted octanol–water partition coefficient (Wildman–Crippen LogP) is 1.07. The number of aliphatic hydroxyl groups is 1. The molecule has 3 heteroatoms. The summed E-state index contributed by atoms with van der Waals surface area (Å²) in [5.74, 6) is -0.478. The van der Waals surface area contributed by atoms with Gasteiger partial charge in [0.25, 0.3) is 0 Å². The Morgan fingerprint density at radius 3 is 2.67 bits per heavy atom. The molecule has 1 aliphatic heterocycles. The molecule has 70 valence electrons. The molecule has 0 aliphatic carbocycles. The lowest BCUT2D eigenvalue weighted by Crippen LogP contribution is -2.20. The summed E-state index contributed by atoms with van der Waals surface area (Å²) in [5, 5.41) is 8.96. The lowest BCUT2D eigenvalue weighted by molar-refractivity contribution is -0.133. The molecule has 0 aromatic rings. The first-order chi connectivity index (χ1) is 5.49. The van der Waals surface area contributed by atoms with Gasteiger partial charge in [-0.3, -0.25) is 0 Å². The highest BCUT2D eigenvalue weighted by molar-refractivity contribution is 4.95. The van der Waals surface area contributed by atoms with Gasteiger partial charge in [-0.05, 0) is 20.8 Å². The largest absolute Gasteiger partial charge is 0.389 e. The number of aliphatic hydroxyl groups excluding tert-OH is 1. The van der Waals surface area contributed by atoms with Crippen LogP contribution in [-0.4, -0.2) is 29.7 Å². The molecule has 3 nitrogen and oxygen atoms in total. The van der Waals surface area contributed by atoms with Crippen molar-refractivity contribution in [1.82, 2.24) is 0 Å². The van der Waals surface area contributed by atoms with Crippen molar-refractivity contribution in [3.63, 3.8) is 0 Å².